The number of carbonyl (C=O) groups excluding carboxylic acids is 1. The Balaban J connectivity index is 1.92. The predicted molar refractivity (Wildman–Crippen MR) is 82.8 cm³/mol. The van der Waals surface area contributed by atoms with E-state index in [1.165, 1.54) is 7.11 Å². The van der Waals surface area contributed by atoms with Crippen molar-refractivity contribution in [1.29, 1.82) is 0 Å². The molecule has 1 aromatic rings. The van der Waals surface area contributed by atoms with Crippen LogP contribution in [0.1, 0.15) is 25.3 Å². The number of hydrogen-bond acceptors (Lipinski definition) is 3. The van der Waals surface area contributed by atoms with Crippen molar-refractivity contribution in [3.05, 3.63) is 29.6 Å². The van der Waals surface area contributed by atoms with E-state index in [1.54, 1.807) is 23.1 Å². The van der Waals surface area contributed by atoms with Crippen molar-refractivity contribution in [2.75, 3.05) is 20.2 Å². The van der Waals surface area contributed by atoms with Crippen molar-refractivity contribution in [1.82, 2.24) is 4.90 Å². The number of halogens is 1. The third-order valence-electron chi connectivity index (χ3n) is 4.45. The van der Waals surface area contributed by atoms with Gasteiger partial charge >= 0.3 is 5.97 Å². The fourth-order valence-electron chi connectivity index (χ4n) is 3.05. The molecule has 6 heteroatoms. The number of nitrogens with zero attached hydrogens (tertiary/aromatic N) is 1. The Labute approximate surface area is 135 Å². The number of carboxylic acid groups (broad SMARTS) is 1. The van der Waals surface area contributed by atoms with Gasteiger partial charge in [0.1, 0.15) is 0 Å². The third kappa shape index (κ3) is 4.00. The lowest BCUT2D eigenvalue weighted by atomic mass is 9.87. The van der Waals surface area contributed by atoms with Crippen molar-refractivity contribution in [3.8, 4) is 5.75 Å². The molecule has 1 N–H and O–H groups in total. The van der Waals surface area contributed by atoms with Crippen molar-refractivity contribution < 1.29 is 23.8 Å². The normalized spacial score (nSPS) is 21.1. The van der Waals surface area contributed by atoms with Gasteiger partial charge in [-0.05, 0) is 30.4 Å². The molecule has 2 atom stereocenters. The van der Waals surface area contributed by atoms with Gasteiger partial charge in [0.2, 0.25) is 5.91 Å². The van der Waals surface area contributed by atoms with Gasteiger partial charge in [-0.25, -0.2) is 4.39 Å². The number of carbonyl (C=O) groups is 2. The Morgan fingerprint density at radius 3 is 2.78 bits per heavy atom. The van der Waals surface area contributed by atoms with E-state index in [0.717, 1.165) is 0 Å². The Kier molecular flexibility index (Phi) is 5.58. The number of likely N-dealkylation sites (tertiary alicyclic amines) is 1. The second-order valence-corrected chi connectivity index (χ2v) is 5.98. The molecule has 0 aliphatic carbocycles. The fourth-order valence-corrected chi connectivity index (χ4v) is 3.05. The van der Waals surface area contributed by atoms with Crippen LogP contribution < -0.4 is 4.74 Å². The number of aryl methyl sites for hydroxylation is 1. The molecular weight excluding hydrogens is 301 g/mol. The van der Waals surface area contributed by atoms with Gasteiger partial charge in [0.25, 0.3) is 0 Å². The number of piperidine rings is 1. The van der Waals surface area contributed by atoms with Crippen molar-refractivity contribution in [2.24, 2.45) is 11.8 Å². The number of ether oxygens (including phenoxy) is 1. The Hall–Kier alpha value is -2.11. The summed E-state index contributed by atoms with van der Waals surface area (Å²) in [4.78, 5) is 25.1. The predicted octanol–water partition coefficient (Wildman–Crippen LogP) is 2.34. The van der Waals surface area contributed by atoms with Gasteiger partial charge in [0.05, 0.1) is 13.0 Å². The molecule has 1 saturated heterocycles. The first kappa shape index (κ1) is 17.2. The molecule has 0 radical (unpaired) electrons. The smallest absolute Gasteiger partial charge is 0.306 e. The molecule has 1 heterocycles. The lowest BCUT2D eigenvalue weighted by Crippen LogP contribution is -2.45. The van der Waals surface area contributed by atoms with E-state index < -0.39 is 17.7 Å². The highest BCUT2D eigenvalue weighted by Gasteiger charge is 2.32. The summed E-state index contributed by atoms with van der Waals surface area (Å²) in [5.74, 6) is -1.59. The van der Waals surface area contributed by atoms with Crippen molar-refractivity contribution in [3.63, 3.8) is 0 Å². The minimum atomic E-state index is -0.803. The Bertz CT molecular complexity index is 590. The van der Waals surface area contributed by atoms with E-state index >= 15 is 0 Å². The number of amides is 1. The molecule has 1 aliphatic rings. The largest absolute Gasteiger partial charge is 0.494 e. The van der Waals surface area contributed by atoms with Crippen LogP contribution in [0.25, 0.3) is 0 Å². The van der Waals surface area contributed by atoms with E-state index in [4.69, 9.17) is 9.84 Å². The Morgan fingerprint density at radius 2 is 2.17 bits per heavy atom. The lowest BCUT2D eigenvalue weighted by molar-refractivity contribution is -0.148. The first-order chi connectivity index (χ1) is 10.9. The summed E-state index contributed by atoms with van der Waals surface area (Å²) in [5, 5.41) is 9.11. The van der Waals surface area contributed by atoms with Crippen LogP contribution in [0.3, 0.4) is 0 Å². The van der Waals surface area contributed by atoms with Gasteiger partial charge in [-0.2, -0.15) is 0 Å². The minimum Gasteiger partial charge on any atom is -0.494 e. The zero-order valence-corrected chi connectivity index (χ0v) is 13.4. The summed E-state index contributed by atoms with van der Waals surface area (Å²) in [6.45, 7) is 2.73. The van der Waals surface area contributed by atoms with Gasteiger partial charge in [0, 0.05) is 19.5 Å². The standard InChI is InChI=1S/C17H22FNO4/c1-11-10-19(9-8-13(11)17(21)22)15(20)7-6-12-4-3-5-14(23-2)16(12)18/h3-5,11,13H,6-10H2,1-2H3,(H,21,22). The van der Waals surface area contributed by atoms with E-state index in [-0.39, 0.29) is 24.0 Å². The first-order valence-electron chi connectivity index (χ1n) is 7.76. The summed E-state index contributed by atoms with van der Waals surface area (Å²) in [6, 6.07) is 4.88. The summed E-state index contributed by atoms with van der Waals surface area (Å²) >= 11 is 0. The molecule has 1 amide bonds. The molecule has 1 aliphatic heterocycles. The number of methoxy groups -OCH3 is 1. The molecular formula is C17H22FNO4. The van der Waals surface area contributed by atoms with Crippen LogP contribution in [0.4, 0.5) is 4.39 Å². The van der Waals surface area contributed by atoms with Crippen molar-refractivity contribution in [2.45, 2.75) is 26.2 Å². The highest BCUT2D eigenvalue weighted by atomic mass is 19.1. The molecule has 1 aromatic carbocycles. The van der Waals surface area contributed by atoms with Gasteiger partial charge < -0.3 is 14.7 Å². The van der Waals surface area contributed by atoms with Gasteiger partial charge in [0.15, 0.2) is 11.6 Å². The number of carboxylic acids is 1. The maximum atomic E-state index is 14.1. The molecule has 0 saturated carbocycles. The molecule has 0 aromatic heterocycles. The quantitative estimate of drug-likeness (QED) is 0.903. The van der Waals surface area contributed by atoms with Crippen LogP contribution in [0.15, 0.2) is 18.2 Å². The lowest BCUT2D eigenvalue weighted by Gasteiger charge is -2.35. The SMILES string of the molecule is COc1cccc(CCC(=O)N2CCC(C(=O)O)C(C)C2)c1F. The zero-order valence-electron chi connectivity index (χ0n) is 13.4. The van der Waals surface area contributed by atoms with Gasteiger partial charge in [-0.1, -0.05) is 19.1 Å². The van der Waals surface area contributed by atoms with E-state index in [1.807, 2.05) is 6.92 Å². The van der Waals surface area contributed by atoms with Crippen LogP contribution in [0.5, 0.6) is 5.75 Å². The highest BCUT2D eigenvalue weighted by Crippen LogP contribution is 2.25. The second-order valence-electron chi connectivity index (χ2n) is 5.98. The van der Waals surface area contributed by atoms with Crippen LogP contribution in [-0.2, 0) is 16.0 Å². The van der Waals surface area contributed by atoms with Crippen LogP contribution >= 0.6 is 0 Å². The molecule has 0 bridgehead atoms. The van der Waals surface area contributed by atoms with Crippen LogP contribution in [0.2, 0.25) is 0 Å². The summed E-state index contributed by atoms with van der Waals surface area (Å²) in [5.41, 5.74) is 0.450. The van der Waals surface area contributed by atoms with Crippen LogP contribution in [-0.4, -0.2) is 42.1 Å². The first-order valence-corrected chi connectivity index (χ1v) is 7.76. The van der Waals surface area contributed by atoms with Gasteiger partial charge in [-0.15, -0.1) is 0 Å². The molecule has 0 spiro atoms. The molecule has 2 unspecified atom stereocenters. The topological polar surface area (TPSA) is 66.8 Å². The third-order valence-corrected chi connectivity index (χ3v) is 4.45. The number of benzene rings is 1. The molecule has 1 fully saturated rings. The monoisotopic (exact) mass is 323 g/mol. The minimum absolute atomic E-state index is 0.0668. The maximum Gasteiger partial charge on any atom is 0.306 e. The average molecular weight is 323 g/mol. The zero-order chi connectivity index (χ0) is 17.0. The molecule has 2 rings (SSSR count). The van der Waals surface area contributed by atoms with Gasteiger partial charge in [-0.3, -0.25) is 9.59 Å². The van der Waals surface area contributed by atoms with Crippen molar-refractivity contribution >= 4 is 11.9 Å². The maximum absolute atomic E-state index is 14.1. The number of hydrogen-bond donors (Lipinski definition) is 1. The molecule has 23 heavy (non-hydrogen) atoms. The number of rotatable bonds is 5. The van der Waals surface area contributed by atoms with E-state index in [9.17, 15) is 14.0 Å². The highest BCUT2D eigenvalue weighted by molar-refractivity contribution is 5.77. The summed E-state index contributed by atoms with van der Waals surface area (Å²) in [7, 11) is 1.40. The van der Waals surface area contributed by atoms with Crippen LogP contribution in [0, 0.1) is 17.7 Å². The molecule has 126 valence electrons. The van der Waals surface area contributed by atoms with E-state index in [0.29, 0.717) is 31.5 Å². The Morgan fingerprint density at radius 1 is 1.43 bits per heavy atom. The van der Waals surface area contributed by atoms with E-state index in [2.05, 4.69) is 0 Å². The summed E-state index contributed by atoms with van der Waals surface area (Å²) in [6.07, 6.45) is 0.972. The average Bonchev–Trinajstić information content (AvgIpc) is 2.53. The molecule has 5 nitrogen and oxygen atoms in total. The second kappa shape index (κ2) is 7.44. The number of aliphatic carboxylic acids is 1. The summed E-state index contributed by atoms with van der Waals surface area (Å²) < 4.78 is 19.0. The fraction of sp³-hybridized carbons (Fsp3) is 0.529.